The van der Waals surface area contributed by atoms with Gasteiger partial charge in [-0.3, -0.25) is 4.79 Å². The molecule has 0 aliphatic heterocycles. The molecule has 1 amide bonds. The maximum absolute atomic E-state index is 11.9. The molecule has 6 heteroatoms. The molecule has 0 aromatic carbocycles. The first kappa shape index (κ1) is 12.1. The summed E-state index contributed by atoms with van der Waals surface area (Å²) >= 11 is 1.15. The molecule has 1 aromatic rings. The highest BCUT2D eigenvalue weighted by molar-refractivity contribution is 7.08. The number of aromatic nitrogens is 2. The monoisotopic (exact) mass is 228 g/mol. The molecule has 1 heterocycles. The Bertz CT molecular complexity index is 337. The summed E-state index contributed by atoms with van der Waals surface area (Å²) in [5.74, 6) is 0.174. The van der Waals surface area contributed by atoms with Gasteiger partial charge in [0.2, 0.25) is 0 Å². The largest absolute Gasteiger partial charge is 0.340 e. The molecule has 0 saturated heterocycles. The fourth-order valence-corrected chi connectivity index (χ4v) is 2.01. The van der Waals surface area contributed by atoms with Gasteiger partial charge < -0.3 is 10.6 Å². The number of nitrogens with zero attached hydrogens (tertiary/aromatic N) is 3. The second-order valence-corrected chi connectivity index (χ2v) is 4.41. The molecule has 1 rings (SSSR count). The lowest BCUT2D eigenvalue weighted by atomic mass is 10.1. The summed E-state index contributed by atoms with van der Waals surface area (Å²) in [6, 6.07) is 0. The van der Waals surface area contributed by atoms with E-state index in [0.29, 0.717) is 18.0 Å². The van der Waals surface area contributed by atoms with Crippen LogP contribution in [0.3, 0.4) is 0 Å². The van der Waals surface area contributed by atoms with E-state index in [2.05, 4.69) is 9.59 Å². The van der Waals surface area contributed by atoms with Crippen LogP contribution in [0.1, 0.15) is 35.1 Å². The zero-order chi connectivity index (χ0) is 11.4. The van der Waals surface area contributed by atoms with E-state index in [-0.39, 0.29) is 11.8 Å². The summed E-state index contributed by atoms with van der Waals surface area (Å²) in [6.45, 7) is 5.01. The van der Waals surface area contributed by atoms with E-state index in [1.807, 2.05) is 13.8 Å². The number of amides is 1. The Morgan fingerprint density at radius 1 is 1.60 bits per heavy atom. The Balaban J connectivity index is 2.86. The van der Waals surface area contributed by atoms with E-state index in [9.17, 15) is 4.79 Å². The van der Waals surface area contributed by atoms with Crippen LogP contribution in [0.5, 0.6) is 0 Å². The first-order chi connectivity index (χ1) is 7.07. The third-order valence-corrected chi connectivity index (χ3v) is 2.80. The lowest BCUT2D eigenvalue weighted by Gasteiger charge is -2.15. The van der Waals surface area contributed by atoms with Crippen molar-refractivity contribution in [2.45, 2.75) is 19.8 Å². The van der Waals surface area contributed by atoms with Crippen molar-refractivity contribution in [2.24, 2.45) is 5.73 Å². The Labute approximate surface area is 93.4 Å². The third-order valence-electron chi connectivity index (χ3n) is 2.07. The molecule has 0 bridgehead atoms. The molecule has 0 radical (unpaired) electrons. The molecule has 0 fully saturated rings. The molecule has 0 unspecified atom stereocenters. The predicted octanol–water partition coefficient (Wildman–Crippen LogP) is 0.692. The van der Waals surface area contributed by atoms with Crippen molar-refractivity contribution in [3.8, 4) is 0 Å². The van der Waals surface area contributed by atoms with Crippen LogP contribution < -0.4 is 5.73 Å². The second kappa shape index (κ2) is 5.18. The topological polar surface area (TPSA) is 72.1 Å². The van der Waals surface area contributed by atoms with Crippen LogP contribution in [0.4, 0.5) is 0 Å². The Morgan fingerprint density at radius 3 is 2.80 bits per heavy atom. The number of nitrogens with two attached hydrogens (primary N) is 1. The Kier molecular flexibility index (Phi) is 4.16. The Morgan fingerprint density at radius 2 is 2.27 bits per heavy atom. The van der Waals surface area contributed by atoms with Gasteiger partial charge in [-0.2, -0.15) is 0 Å². The van der Waals surface area contributed by atoms with Gasteiger partial charge in [-0.15, -0.1) is 5.10 Å². The maximum atomic E-state index is 11.9. The average Bonchev–Trinajstić information content (AvgIpc) is 2.65. The minimum atomic E-state index is -0.0425. The molecule has 0 saturated carbocycles. The lowest BCUT2D eigenvalue weighted by molar-refractivity contribution is 0.0802. The molecule has 2 N–H and O–H groups in total. The number of carbonyl (C=O) groups is 1. The van der Waals surface area contributed by atoms with Crippen molar-refractivity contribution >= 4 is 17.4 Å². The van der Waals surface area contributed by atoms with Crippen molar-refractivity contribution in [1.29, 1.82) is 0 Å². The molecule has 0 aliphatic rings. The van der Waals surface area contributed by atoms with Gasteiger partial charge in [0.15, 0.2) is 0 Å². The van der Waals surface area contributed by atoms with E-state index in [1.54, 1.807) is 11.9 Å². The molecule has 0 atom stereocenters. The highest BCUT2D eigenvalue weighted by Crippen LogP contribution is 2.20. The SMILES string of the molecule is CC(C)c1nnsc1C(=O)N(C)CCN. The molecule has 15 heavy (non-hydrogen) atoms. The first-order valence-corrected chi connectivity index (χ1v) is 5.63. The van der Waals surface area contributed by atoms with Gasteiger partial charge in [-0.25, -0.2) is 0 Å². The maximum Gasteiger partial charge on any atom is 0.267 e. The summed E-state index contributed by atoms with van der Waals surface area (Å²) in [5.41, 5.74) is 6.17. The van der Waals surface area contributed by atoms with Crippen molar-refractivity contribution in [1.82, 2.24) is 14.5 Å². The predicted molar refractivity (Wildman–Crippen MR) is 60.0 cm³/mol. The van der Waals surface area contributed by atoms with Crippen LogP contribution in [-0.2, 0) is 0 Å². The van der Waals surface area contributed by atoms with Gasteiger partial charge in [0.1, 0.15) is 4.88 Å². The minimum Gasteiger partial charge on any atom is -0.340 e. The molecule has 84 valence electrons. The second-order valence-electron chi connectivity index (χ2n) is 3.66. The molecule has 0 spiro atoms. The first-order valence-electron chi connectivity index (χ1n) is 4.85. The lowest BCUT2D eigenvalue weighted by Crippen LogP contribution is -2.31. The van der Waals surface area contributed by atoms with Crippen molar-refractivity contribution in [3.05, 3.63) is 10.6 Å². The highest BCUT2D eigenvalue weighted by Gasteiger charge is 2.21. The van der Waals surface area contributed by atoms with Gasteiger partial charge in [0.25, 0.3) is 5.91 Å². The fourth-order valence-electron chi connectivity index (χ4n) is 1.19. The van der Waals surface area contributed by atoms with E-state index in [0.717, 1.165) is 17.2 Å². The van der Waals surface area contributed by atoms with E-state index in [1.165, 1.54) is 0 Å². The Hall–Kier alpha value is -1.01. The number of hydrogen-bond donors (Lipinski definition) is 1. The van der Waals surface area contributed by atoms with Crippen LogP contribution in [-0.4, -0.2) is 40.5 Å². The van der Waals surface area contributed by atoms with Crippen LogP contribution in [0.15, 0.2) is 0 Å². The van der Waals surface area contributed by atoms with Gasteiger partial charge in [-0.05, 0) is 17.5 Å². The molecule has 0 aliphatic carbocycles. The normalized spacial score (nSPS) is 10.7. The highest BCUT2D eigenvalue weighted by atomic mass is 32.1. The molecular formula is C9H16N4OS. The number of likely N-dealkylation sites (N-methyl/N-ethyl adjacent to an activating group) is 1. The van der Waals surface area contributed by atoms with Gasteiger partial charge in [0.05, 0.1) is 5.69 Å². The van der Waals surface area contributed by atoms with E-state index in [4.69, 9.17) is 5.73 Å². The number of carbonyl (C=O) groups excluding carboxylic acids is 1. The van der Waals surface area contributed by atoms with E-state index < -0.39 is 0 Å². The van der Waals surface area contributed by atoms with Crippen LogP contribution in [0, 0.1) is 0 Å². The van der Waals surface area contributed by atoms with Crippen molar-refractivity contribution < 1.29 is 4.79 Å². The van der Waals surface area contributed by atoms with Crippen LogP contribution in [0.2, 0.25) is 0 Å². The summed E-state index contributed by atoms with van der Waals surface area (Å²) in [6.07, 6.45) is 0. The van der Waals surface area contributed by atoms with E-state index >= 15 is 0 Å². The summed E-state index contributed by atoms with van der Waals surface area (Å²) in [5, 5.41) is 3.97. The summed E-state index contributed by atoms with van der Waals surface area (Å²) in [4.78, 5) is 14.1. The summed E-state index contributed by atoms with van der Waals surface area (Å²) in [7, 11) is 1.74. The van der Waals surface area contributed by atoms with Crippen molar-refractivity contribution in [3.63, 3.8) is 0 Å². The average molecular weight is 228 g/mol. The van der Waals surface area contributed by atoms with Crippen LogP contribution >= 0.6 is 11.5 Å². The van der Waals surface area contributed by atoms with Crippen LogP contribution in [0.25, 0.3) is 0 Å². The molecular weight excluding hydrogens is 212 g/mol. The van der Waals surface area contributed by atoms with Gasteiger partial charge in [0, 0.05) is 20.1 Å². The van der Waals surface area contributed by atoms with Crippen molar-refractivity contribution in [2.75, 3.05) is 20.1 Å². The quantitative estimate of drug-likeness (QED) is 0.823. The van der Waals surface area contributed by atoms with Gasteiger partial charge in [-0.1, -0.05) is 18.3 Å². The number of hydrogen-bond acceptors (Lipinski definition) is 5. The molecule has 5 nitrogen and oxygen atoms in total. The standard InChI is InChI=1S/C9H16N4OS/c1-6(2)7-8(15-12-11-7)9(14)13(3)5-4-10/h6H,4-5,10H2,1-3H3. The summed E-state index contributed by atoms with van der Waals surface area (Å²) < 4.78 is 3.82. The fraction of sp³-hybridized carbons (Fsp3) is 0.667. The van der Waals surface area contributed by atoms with Gasteiger partial charge >= 0.3 is 0 Å². The minimum absolute atomic E-state index is 0.0425. The molecule has 1 aromatic heterocycles. The number of rotatable bonds is 4. The smallest absolute Gasteiger partial charge is 0.267 e. The zero-order valence-corrected chi connectivity index (χ0v) is 10.0. The third kappa shape index (κ3) is 2.73. The zero-order valence-electron chi connectivity index (χ0n) is 9.23.